The number of pyridine rings is 1. The average molecular weight is 260 g/mol. The maximum absolute atomic E-state index is 11.7. The molecule has 0 bridgehead atoms. The normalized spacial score (nSPS) is 11.9. The number of nitrogens with zero attached hydrogens (tertiary/aromatic N) is 1. The summed E-state index contributed by atoms with van der Waals surface area (Å²) in [6, 6.07) is 7.04. The van der Waals surface area contributed by atoms with Gasteiger partial charge < -0.3 is 14.5 Å². The lowest BCUT2D eigenvalue weighted by atomic mass is 10.2. The number of amides is 1. The van der Waals surface area contributed by atoms with Gasteiger partial charge in [0.25, 0.3) is 5.91 Å². The first-order valence-corrected chi connectivity index (χ1v) is 6.03. The van der Waals surface area contributed by atoms with Gasteiger partial charge in [-0.25, -0.2) is 0 Å². The highest BCUT2D eigenvalue weighted by molar-refractivity contribution is 5.77. The molecule has 100 valence electrons. The van der Waals surface area contributed by atoms with E-state index in [2.05, 4.69) is 10.3 Å². The molecule has 2 heterocycles. The molecule has 0 saturated carbocycles. The largest absolute Gasteiger partial charge is 0.482 e. The number of rotatable bonds is 5. The summed E-state index contributed by atoms with van der Waals surface area (Å²) >= 11 is 0. The lowest BCUT2D eigenvalue weighted by Gasteiger charge is -2.12. The average Bonchev–Trinajstić information content (AvgIpc) is 2.92. The molecule has 2 aromatic heterocycles. The standard InChI is InChI=1S/C14H16N2O3/c1-10-5-6-12(8-15-10)19-9-14(17)16-11(2)13-4-3-7-18-13/h3-8,11H,9H2,1-2H3,(H,16,17)/t11-/m1/s1. The van der Waals surface area contributed by atoms with E-state index in [0.29, 0.717) is 11.5 Å². The Labute approximate surface area is 111 Å². The fourth-order valence-electron chi connectivity index (χ4n) is 1.58. The fraction of sp³-hybridized carbons (Fsp3) is 0.286. The van der Waals surface area contributed by atoms with Crippen LogP contribution in [0.1, 0.15) is 24.4 Å². The Kier molecular flexibility index (Phi) is 4.18. The van der Waals surface area contributed by atoms with E-state index in [9.17, 15) is 4.79 Å². The Morgan fingerprint density at radius 2 is 2.32 bits per heavy atom. The van der Waals surface area contributed by atoms with Crippen LogP contribution >= 0.6 is 0 Å². The molecule has 2 aromatic rings. The Morgan fingerprint density at radius 1 is 1.47 bits per heavy atom. The lowest BCUT2D eigenvalue weighted by molar-refractivity contribution is -0.123. The maximum Gasteiger partial charge on any atom is 0.258 e. The quantitative estimate of drug-likeness (QED) is 0.895. The summed E-state index contributed by atoms with van der Waals surface area (Å²) in [6.45, 7) is 3.70. The number of hydrogen-bond acceptors (Lipinski definition) is 4. The van der Waals surface area contributed by atoms with Crippen LogP contribution in [0.25, 0.3) is 0 Å². The van der Waals surface area contributed by atoms with Crippen molar-refractivity contribution in [2.24, 2.45) is 0 Å². The van der Waals surface area contributed by atoms with Gasteiger partial charge in [0.05, 0.1) is 18.5 Å². The zero-order chi connectivity index (χ0) is 13.7. The zero-order valence-electron chi connectivity index (χ0n) is 10.9. The van der Waals surface area contributed by atoms with Gasteiger partial charge in [-0.05, 0) is 38.1 Å². The highest BCUT2D eigenvalue weighted by Gasteiger charge is 2.12. The van der Waals surface area contributed by atoms with Crippen LogP contribution in [0, 0.1) is 6.92 Å². The third-order valence-corrected chi connectivity index (χ3v) is 2.60. The number of ether oxygens (including phenoxy) is 1. The van der Waals surface area contributed by atoms with Crippen LogP contribution in [0.15, 0.2) is 41.1 Å². The van der Waals surface area contributed by atoms with Gasteiger partial charge in [-0.3, -0.25) is 9.78 Å². The van der Waals surface area contributed by atoms with Crippen molar-refractivity contribution in [1.82, 2.24) is 10.3 Å². The first-order chi connectivity index (χ1) is 9.15. The molecule has 0 radical (unpaired) electrons. The molecular weight excluding hydrogens is 244 g/mol. The van der Waals surface area contributed by atoms with Gasteiger partial charge in [0.15, 0.2) is 6.61 Å². The van der Waals surface area contributed by atoms with Crippen LogP contribution in [0.5, 0.6) is 5.75 Å². The predicted octanol–water partition coefficient (Wildman–Crippen LogP) is 2.24. The molecule has 0 saturated heterocycles. The molecule has 1 N–H and O–H groups in total. The molecule has 1 atom stereocenters. The van der Waals surface area contributed by atoms with Crippen LogP contribution in [-0.4, -0.2) is 17.5 Å². The monoisotopic (exact) mass is 260 g/mol. The Morgan fingerprint density at radius 3 is 2.95 bits per heavy atom. The highest BCUT2D eigenvalue weighted by atomic mass is 16.5. The van der Waals surface area contributed by atoms with E-state index in [4.69, 9.17) is 9.15 Å². The molecule has 0 aliphatic rings. The minimum Gasteiger partial charge on any atom is -0.482 e. The van der Waals surface area contributed by atoms with E-state index in [1.54, 1.807) is 24.6 Å². The van der Waals surface area contributed by atoms with Gasteiger partial charge in [0.2, 0.25) is 0 Å². The summed E-state index contributed by atoms with van der Waals surface area (Å²) in [4.78, 5) is 15.8. The lowest BCUT2D eigenvalue weighted by Crippen LogP contribution is -2.31. The van der Waals surface area contributed by atoms with E-state index in [0.717, 1.165) is 5.69 Å². The van der Waals surface area contributed by atoms with Gasteiger partial charge in [0, 0.05) is 5.69 Å². The number of carbonyl (C=O) groups is 1. The SMILES string of the molecule is Cc1ccc(OCC(=O)N[C@H](C)c2ccco2)cn1. The molecular formula is C14H16N2O3. The molecule has 19 heavy (non-hydrogen) atoms. The van der Waals surface area contributed by atoms with Crippen molar-refractivity contribution in [2.45, 2.75) is 19.9 Å². The zero-order valence-corrected chi connectivity index (χ0v) is 10.9. The minimum absolute atomic E-state index is 0.0458. The third kappa shape index (κ3) is 3.84. The molecule has 0 unspecified atom stereocenters. The summed E-state index contributed by atoms with van der Waals surface area (Å²) in [5, 5.41) is 2.79. The van der Waals surface area contributed by atoms with Crippen LogP contribution in [-0.2, 0) is 4.79 Å². The molecule has 0 fully saturated rings. The summed E-state index contributed by atoms with van der Waals surface area (Å²) in [5.74, 6) is 1.08. The highest BCUT2D eigenvalue weighted by Crippen LogP contribution is 2.12. The van der Waals surface area contributed by atoms with Crippen molar-refractivity contribution in [3.63, 3.8) is 0 Å². The van der Waals surface area contributed by atoms with Crippen molar-refractivity contribution in [3.05, 3.63) is 48.2 Å². The van der Waals surface area contributed by atoms with E-state index < -0.39 is 0 Å². The van der Waals surface area contributed by atoms with Crippen molar-refractivity contribution < 1.29 is 13.9 Å². The molecule has 1 amide bonds. The second-order valence-electron chi connectivity index (χ2n) is 4.23. The molecule has 0 spiro atoms. The molecule has 0 aliphatic carbocycles. The predicted molar refractivity (Wildman–Crippen MR) is 69.7 cm³/mol. The molecule has 0 aliphatic heterocycles. The van der Waals surface area contributed by atoms with Crippen molar-refractivity contribution in [3.8, 4) is 5.75 Å². The van der Waals surface area contributed by atoms with Crippen molar-refractivity contribution in [2.75, 3.05) is 6.61 Å². The third-order valence-electron chi connectivity index (χ3n) is 2.60. The number of furan rings is 1. The molecule has 0 aromatic carbocycles. The van der Waals surface area contributed by atoms with Gasteiger partial charge in [-0.1, -0.05) is 0 Å². The smallest absolute Gasteiger partial charge is 0.258 e. The van der Waals surface area contributed by atoms with Crippen LogP contribution in [0.4, 0.5) is 0 Å². The van der Waals surface area contributed by atoms with E-state index in [-0.39, 0.29) is 18.6 Å². The second-order valence-corrected chi connectivity index (χ2v) is 4.23. The van der Waals surface area contributed by atoms with E-state index in [1.165, 1.54) is 0 Å². The topological polar surface area (TPSA) is 64.4 Å². The Balaban J connectivity index is 1.80. The summed E-state index contributed by atoms with van der Waals surface area (Å²) < 4.78 is 10.5. The first-order valence-electron chi connectivity index (χ1n) is 6.03. The minimum atomic E-state index is -0.204. The number of hydrogen-bond donors (Lipinski definition) is 1. The summed E-state index contributed by atoms with van der Waals surface area (Å²) in [5.41, 5.74) is 0.906. The van der Waals surface area contributed by atoms with E-state index in [1.807, 2.05) is 26.0 Å². The Bertz CT molecular complexity index is 520. The van der Waals surface area contributed by atoms with Crippen molar-refractivity contribution >= 4 is 5.91 Å². The number of aryl methyl sites for hydroxylation is 1. The summed E-state index contributed by atoms with van der Waals surface area (Å²) in [6.07, 6.45) is 3.17. The number of carbonyl (C=O) groups excluding carboxylic acids is 1. The molecule has 5 nitrogen and oxygen atoms in total. The molecule has 2 rings (SSSR count). The van der Waals surface area contributed by atoms with E-state index >= 15 is 0 Å². The first kappa shape index (κ1) is 13.1. The van der Waals surface area contributed by atoms with Gasteiger partial charge in [-0.15, -0.1) is 0 Å². The van der Waals surface area contributed by atoms with Gasteiger partial charge >= 0.3 is 0 Å². The van der Waals surface area contributed by atoms with Gasteiger partial charge in [0.1, 0.15) is 11.5 Å². The van der Waals surface area contributed by atoms with Gasteiger partial charge in [-0.2, -0.15) is 0 Å². The number of aromatic nitrogens is 1. The van der Waals surface area contributed by atoms with Crippen molar-refractivity contribution in [1.29, 1.82) is 0 Å². The fourth-order valence-corrected chi connectivity index (χ4v) is 1.58. The number of nitrogens with one attached hydrogen (secondary N) is 1. The van der Waals surface area contributed by atoms with Crippen LogP contribution in [0.2, 0.25) is 0 Å². The van der Waals surface area contributed by atoms with Crippen LogP contribution < -0.4 is 10.1 Å². The maximum atomic E-state index is 11.7. The second kappa shape index (κ2) is 6.04. The van der Waals surface area contributed by atoms with Crippen LogP contribution in [0.3, 0.4) is 0 Å². The molecule has 5 heteroatoms. The Hall–Kier alpha value is -2.30. The summed E-state index contributed by atoms with van der Waals surface area (Å²) in [7, 11) is 0.